The van der Waals surface area contributed by atoms with Crippen molar-refractivity contribution in [1.29, 1.82) is 0 Å². The van der Waals surface area contributed by atoms with Crippen molar-refractivity contribution in [3.63, 3.8) is 0 Å². The second-order valence-corrected chi connectivity index (χ2v) is 3.06. The highest BCUT2D eigenvalue weighted by Gasteiger charge is 2.04. The molecule has 0 fully saturated rings. The zero-order chi connectivity index (χ0) is 9.52. The van der Waals surface area contributed by atoms with E-state index in [0.29, 0.717) is 12.5 Å². The highest BCUT2D eigenvalue weighted by Crippen LogP contribution is 2.03. The highest BCUT2D eigenvalue weighted by atomic mass is 35.5. The van der Waals surface area contributed by atoms with E-state index >= 15 is 0 Å². The van der Waals surface area contributed by atoms with E-state index in [9.17, 15) is 0 Å². The van der Waals surface area contributed by atoms with E-state index in [-0.39, 0.29) is 12.7 Å². The normalized spacial score (nSPS) is 12.8. The molecule has 0 bridgehead atoms. The van der Waals surface area contributed by atoms with Crippen LogP contribution in [0.4, 0.5) is 0 Å². The Morgan fingerprint density at radius 1 is 1.31 bits per heavy atom. The topological polar surface area (TPSA) is 29.5 Å². The summed E-state index contributed by atoms with van der Waals surface area (Å²) in [5, 5.41) is 8.79. The summed E-state index contributed by atoms with van der Waals surface area (Å²) in [6.45, 7) is 0.467. The molecule has 0 radical (unpaired) electrons. The smallest absolute Gasteiger partial charge is 0.0945 e. The molecule has 0 saturated carbocycles. The van der Waals surface area contributed by atoms with Crippen LogP contribution in [0.2, 0.25) is 0 Å². The minimum Gasteiger partial charge on any atom is -0.394 e. The Morgan fingerprint density at radius 3 is 2.54 bits per heavy atom. The predicted octanol–water partition coefficient (Wildman–Crippen LogP) is 1.80. The summed E-state index contributed by atoms with van der Waals surface area (Å²) in [6, 6.07) is 9.81. The molecule has 1 atom stereocenters. The number of halogens is 1. The van der Waals surface area contributed by atoms with Gasteiger partial charge in [-0.05, 0) is 5.56 Å². The Bertz CT molecular complexity index is 222. The van der Waals surface area contributed by atoms with Crippen molar-refractivity contribution < 1.29 is 9.84 Å². The lowest BCUT2D eigenvalue weighted by atomic mass is 10.2. The molecule has 0 heterocycles. The quantitative estimate of drug-likeness (QED) is 0.735. The first kappa shape index (κ1) is 10.5. The predicted molar refractivity (Wildman–Crippen MR) is 52.8 cm³/mol. The van der Waals surface area contributed by atoms with Crippen LogP contribution in [0, 0.1) is 0 Å². The van der Waals surface area contributed by atoms with E-state index < -0.39 is 0 Å². The lowest BCUT2D eigenvalue weighted by Crippen LogP contribution is -2.19. The van der Waals surface area contributed by atoms with Gasteiger partial charge in [0.05, 0.1) is 25.2 Å². The van der Waals surface area contributed by atoms with Crippen molar-refractivity contribution in [1.82, 2.24) is 0 Å². The summed E-state index contributed by atoms with van der Waals surface area (Å²) in [5.41, 5.74) is 1.09. The van der Waals surface area contributed by atoms with Crippen LogP contribution in [0.3, 0.4) is 0 Å². The Balaban J connectivity index is 2.34. The van der Waals surface area contributed by atoms with E-state index in [0.717, 1.165) is 5.56 Å². The zero-order valence-corrected chi connectivity index (χ0v) is 8.07. The number of hydrogen-bond acceptors (Lipinski definition) is 2. The van der Waals surface area contributed by atoms with Gasteiger partial charge in [0.25, 0.3) is 0 Å². The average Bonchev–Trinajstić information content (AvgIpc) is 2.21. The second kappa shape index (κ2) is 5.97. The second-order valence-electron chi connectivity index (χ2n) is 2.76. The Labute approximate surface area is 83.1 Å². The van der Waals surface area contributed by atoms with E-state index in [2.05, 4.69) is 0 Å². The van der Waals surface area contributed by atoms with Crippen LogP contribution in [0.15, 0.2) is 30.3 Å². The molecule has 72 valence electrons. The van der Waals surface area contributed by atoms with E-state index in [4.69, 9.17) is 21.4 Å². The van der Waals surface area contributed by atoms with Crippen LogP contribution < -0.4 is 0 Å². The van der Waals surface area contributed by atoms with Gasteiger partial charge < -0.3 is 9.84 Å². The molecule has 1 rings (SSSR count). The summed E-state index contributed by atoms with van der Waals surface area (Å²) in [5.74, 6) is 0.323. The van der Waals surface area contributed by atoms with Crippen molar-refractivity contribution in [2.24, 2.45) is 0 Å². The number of aliphatic hydroxyl groups excluding tert-OH is 1. The maximum Gasteiger partial charge on any atom is 0.0945 e. The maximum atomic E-state index is 8.79. The van der Waals surface area contributed by atoms with Gasteiger partial charge in [0.1, 0.15) is 0 Å². The first-order valence-electron chi connectivity index (χ1n) is 4.19. The van der Waals surface area contributed by atoms with E-state index in [1.54, 1.807) is 0 Å². The van der Waals surface area contributed by atoms with Crippen LogP contribution in [0.25, 0.3) is 0 Å². The van der Waals surface area contributed by atoms with Gasteiger partial charge in [0, 0.05) is 0 Å². The molecule has 0 amide bonds. The molecule has 1 aromatic rings. The van der Waals surface area contributed by atoms with Crippen molar-refractivity contribution in [3.05, 3.63) is 35.9 Å². The molecule has 0 aromatic heterocycles. The third-order valence-electron chi connectivity index (χ3n) is 1.70. The number of hydrogen-bond donors (Lipinski definition) is 1. The lowest BCUT2D eigenvalue weighted by molar-refractivity contribution is 0.0166. The third kappa shape index (κ3) is 3.77. The minimum atomic E-state index is -0.262. The average molecular weight is 201 g/mol. The lowest BCUT2D eigenvalue weighted by Gasteiger charge is -2.11. The molecule has 0 aliphatic rings. The van der Waals surface area contributed by atoms with E-state index in [1.165, 1.54) is 0 Å². The molecule has 1 unspecified atom stereocenters. The molecule has 2 nitrogen and oxygen atoms in total. The molecular formula is C10H13ClO2. The largest absolute Gasteiger partial charge is 0.394 e. The van der Waals surface area contributed by atoms with Gasteiger partial charge >= 0.3 is 0 Å². The number of benzene rings is 1. The third-order valence-corrected chi connectivity index (χ3v) is 2.05. The summed E-state index contributed by atoms with van der Waals surface area (Å²) >= 11 is 5.55. The minimum absolute atomic E-state index is 0.0314. The number of alkyl halides is 1. The Kier molecular flexibility index (Phi) is 4.83. The molecule has 0 spiro atoms. The highest BCUT2D eigenvalue weighted by molar-refractivity contribution is 6.18. The van der Waals surface area contributed by atoms with Gasteiger partial charge in [0.15, 0.2) is 0 Å². The fourth-order valence-electron chi connectivity index (χ4n) is 0.934. The van der Waals surface area contributed by atoms with Crippen molar-refractivity contribution in [2.75, 3.05) is 12.5 Å². The molecule has 3 heteroatoms. The van der Waals surface area contributed by atoms with Gasteiger partial charge in [-0.15, -0.1) is 11.6 Å². The Hall–Kier alpha value is -0.570. The fourth-order valence-corrected chi connectivity index (χ4v) is 1.12. The van der Waals surface area contributed by atoms with Crippen LogP contribution in [0.5, 0.6) is 0 Å². The zero-order valence-electron chi connectivity index (χ0n) is 7.32. The SMILES string of the molecule is OCC(CCl)OCc1ccccc1. The van der Waals surface area contributed by atoms with Crippen LogP contribution in [0.1, 0.15) is 5.56 Å². The van der Waals surface area contributed by atoms with Gasteiger partial charge in [-0.1, -0.05) is 30.3 Å². The number of aliphatic hydroxyl groups is 1. The summed E-state index contributed by atoms with van der Waals surface area (Å²) in [4.78, 5) is 0. The first-order chi connectivity index (χ1) is 6.36. The van der Waals surface area contributed by atoms with Crippen LogP contribution >= 0.6 is 11.6 Å². The van der Waals surface area contributed by atoms with Gasteiger partial charge in [-0.25, -0.2) is 0 Å². The molecule has 0 saturated heterocycles. The molecule has 0 aliphatic heterocycles. The summed E-state index contributed by atoms with van der Waals surface area (Å²) < 4.78 is 5.34. The number of ether oxygens (including phenoxy) is 1. The van der Waals surface area contributed by atoms with Crippen molar-refractivity contribution in [3.8, 4) is 0 Å². The number of rotatable bonds is 5. The molecule has 1 N–H and O–H groups in total. The molecule has 13 heavy (non-hydrogen) atoms. The summed E-state index contributed by atoms with van der Waals surface area (Å²) in [7, 11) is 0. The maximum absolute atomic E-state index is 8.79. The first-order valence-corrected chi connectivity index (χ1v) is 4.72. The van der Waals surface area contributed by atoms with Gasteiger partial charge in [0.2, 0.25) is 0 Å². The van der Waals surface area contributed by atoms with Crippen LogP contribution in [-0.2, 0) is 11.3 Å². The molecular weight excluding hydrogens is 188 g/mol. The van der Waals surface area contributed by atoms with Gasteiger partial charge in [-0.3, -0.25) is 0 Å². The standard InChI is InChI=1S/C10H13ClO2/c11-6-10(7-12)13-8-9-4-2-1-3-5-9/h1-5,10,12H,6-8H2. The van der Waals surface area contributed by atoms with E-state index in [1.807, 2.05) is 30.3 Å². The summed E-state index contributed by atoms with van der Waals surface area (Å²) in [6.07, 6.45) is -0.262. The monoisotopic (exact) mass is 200 g/mol. The molecule has 0 aliphatic carbocycles. The fraction of sp³-hybridized carbons (Fsp3) is 0.400. The van der Waals surface area contributed by atoms with Crippen LogP contribution in [-0.4, -0.2) is 23.7 Å². The van der Waals surface area contributed by atoms with Gasteiger partial charge in [-0.2, -0.15) is 0 Å². The van der Waals surface area contributed by atoms with Crippen molar-refractivity contribution >= 4 is 11.6 Å². The van der Waals surface area contributed by atoms with Crippen molar-refractivity contribution in [2.45, 2.75) is 12.7 Å². The molecule has 1 aromatic carbocycles. The Morgan fingerprint density at radius 2 is 2.00 bits per heavy atom.